The maximum atomic E-state index is 13.3. The fraction of sp³-hybridized carbons (Fsp3) is 0. The summed E-state index contributed by atoms with van der Waals surface area (Å²) in [4.78, 5) is 50.3. The number of para-hydroxylation sites is 1. The Bertz CT molecular complexity index is 2480. The third kappa shape index (κ3) is 8.52. The summed E-state index contributed by atoms with van der Waals surface area (Å²) in [6.07, 6.45) is 0. The van der Waals surface area contributed by atoms with Gasteiger partial charge in [-0.25, -0.2) is 21.7 Å². The topological polar surface area (TPSA) is 243 Å². The third-order valence-electron chi connectivity index (χ3n) is 7.31. The average molecular weight is 777 g/mol. The van der Waals surface area contributed by atoms with Crippen molar-refractivity contribution in [1.82, 2.24) is 4.90 Å². The van der Waals surface area contributed by atoms with Gasteiger partial charge in [-0.2, -0.15) is 5.11 Å². The molecule has 0 aromatic heterocycles. The van der Waals surface area contributed by atoms with E-state index in [-0.39, 0.29) is 142 Å². The van der Waals surface area contributed by atoms with Crippen LogP contribution in [0.4, 0.5) is 17.1 Å². The maximum Gasteiger partial charge on any atom is 1.00 e. The normalized spacial score (nSPS) is 12.7. The SMILES string of the molecule is O=C(Nc1ccccc1)c1cc2ccccc2c(N=Nc2ccc3c(c2)C(=O)N(C(=O)c2cc(S(=O)(=O)[O-])cc(S(=O)(=O)[O-])c2)C3=O)c1O.[K+].[K+]. The number of nitrogens with one attached hydrogen (secondary N) is 1. The van der Waals surface area contributed by atoms with E-state index in [1.165, 1.54) is 12.1 Å². The molecule has 0 saturated heterocycles. The van der Waals surface area contributed by atoms with Gasteiger partial charge >= 0.3 is 103 Å². The molecule has 0 atom stereocenters. The average Bonchev–Trinajstić information content (AvgIpc) is 3.31. The third-order valence-corrected chi connectivity index (χ3v) is 8.94. The van der Waals surface area contributed by atoms with Crippen molar-refractivity contribution in [2.24, 2.45) is 10.2 Å². The Hall–Kier alpha value is -2.87. The van der Waals surface area contributed by atoms with Crippen molar-refractivity contribution in [3.63, 3.8) is 0 Å². The van der Waals surface area contributed by atoms with Gasteiger partial charge in [0.1, 0.15) is 25.9 Å². The quantitative estimate of drug-likeness (QED) is 0.0831. The molecule has 1 aliphatic heterocycles. The molecule has 4 amide bonds. The zero-order valence-electron chi connectivity index (χ0n) is 26.4. The zero-order chi connectivity index (χ0) is 35.2. The molecule has 19 heteroatoms. The van der Waals surface area contributed by atoms with Gasteiger partial charge in [0.05, 0.1) is 32.2 Å². The monoisotopic (exact) mass is 776 g/mol. The molecule has 1 aliphatic rings. The largest absolute Gasteiger partial charge is 1.00 e. The number of benzene rings is 5. The van der Waals surface area contributed by atoms with Crippen LogP contribution in [0.25, 0.3) is 10.8 Å². The summed E-state index contributed by atoms with van der Waals surface area (Å²) >= 11 is 0. The first-order chi connectivity index (χ1) is 23.1. The Kier molecular flexibility index (Phi) is 12.8. The number of azo groups is 1. The van der Waals surface area contributed by atoms with E-state index in [1.807, 2.05) is 0 Å². The predicted molar refractivity (Wildman–Crippen MR) is 168 cm³/mol. The second kappa shape index (κ2) is 16.0. The van der Waals surface area contributed by atoms with Crippen molar-refractivity contribution in [2.75, 3.05) is 5.32 Å². The minimum atomic E-state index is -5.38. The number of carbonyl (C=O) groups is 4. The first kappa shape index (κ1) is 40.9. The minimum Gasteiger partial charge on any atom is -0.744 e. The van der Waals surface area contributed by atoms with Crippen LogP contribution in [0.2, 0.25) is 0 Å². The summed E-state index contributed by atoms with van der Waals surface area (Å²) in [6.45, 7) is 0. The van der Waals surface area contributed by atoms with Gasteiger partial charge in [-0.1, -0.05) is 42.5 Å². The van der Waals surface area contributed by atoms with Crippen LogP contribution in [0.5, 0.6) is 5.75 Å². The second-order valence-corrected chi connectivity index (χ2v) is 13.2. The van der Waals surface area contributed by atoms with Crippen LogP contribution in [0, 0.1) is 0 Å². The van der Waals surface area contributed by atoms with Crippen LogP contribution in [0.3, 0.4) is 0 Å². The zero-order valence-corrected chi connectivity index (χ0v) is 34.3. The molecule has 0 fully saturated rings. The number of nitrogens with zero attached hydrogens (tertiary/aromatic N) is 3. The molecule has 2 N–H and O–H groups in total. The molecule has 0 spiro atoms. The summed E-state index contributed by atoms with van der Waals surface area (Å²) in [5, 5.41) is 23.0. The molecular formula is C32H18K2N4O11S2. The smallest absolute Gasteiger partial charge is 0.744 e. The molecule has 246 valence electrons. The summed E-state index contributed by atoms with van der Waals surface area (Å²) in [5.41, 5.74) is -1.28. The number of phenolic OH excluding ortho intramolecular Hbond substituents is 1. The molecule has 5 aromatic rings. The van der Waals surface area contributed by atoms with Crippen molar-refractivity contribution >= 4 is 71.7 Å². The van der Waals surface area contributed by atoms with Crippen molar-refractivity contribution < 1.29 is 153 Å². The van der Waals surface area contributed by atoms with E-state index in [0.717, 1.165) is 12.1 Å². The number of aromatic hydroxyl groups is 1. The molecule has 0 saturated carbocycles. The molecule has 51 heavy (non-hydrogen) atoms. The van der Waals surface area contributed by atoms with E-state index >= 15 is 0 Å². The molecular weight excluding hydrogens is 759 g/mol. The van der Waals surface area contributed by atoms with Gasteiger partial charge in [-0.05, 0) is 60.0 Å². The van der Waals surface area contributed by atoms with Gasteiger partial charge in [-0.3, -0.25) is 19.2 Å². The Morgan fingerprint density at radius 1 is 0.706 bits per heavy atom. The van der Waals surface area contributed by atoms with Crippen molar-refractivity contribution in [3.05, 3.63) is 119 Å². The number of fused-ring (bicyclic) bond motifs is 2. The molecule has 0 aliphatic carbocycles. The first-order valence-corrected chi connectivity index (χ1v) is 16.6. The molecule has 0 unspecified atom stereocenters. The number of rotatable bonds is 7. The van der Waals surface area contributed by atoms with Gasteiger partial charge in [0.2, 0.25) is 0 Å². The number of anilines is 1. The molecule has 6 rings (SSSR count). The van der Waals surface area contributed by atoms with Crippen LogP contribution in [-0.4, -0.2) is 59.6 Å². The number of imide groups is 3. The number of phenols is 1. The van der Waals surface area contributed by atoms with Gasteiger partial charge in [-0.15, -0.1) is 5.11 Å². The van der Waals surface area contributed by atoms with E-state index in [4.69, 9.17) is 0 Å². The van der Waals surface area contributed by atoms with Crippen LogP contribution in [0.15, 0.2) is 117 Å². The van der Waals surface area contributed by atoms with Crippen molar-refractivity contribution in [2.45, 2.75) is 9.79 Å². The van der Waals surface area contributed by atoms with Crippen LogP contribution in [0.1, 0.15) is 41.4 Å². The van der Waals surface area contributed by atoms with E-state index in [9.17, 15) is 50.2 Å². The molecule has 15 nitrogen and oxygen atoms in total. The molecule has 0 radical (unpaired) electrons. The van der Waals surface area contributed by atoms with Crippen molar-refractivity contribution in [1.29, 1.82) is 0 Å². The van der Waals surface area contributed by atoms with E-state index in [0.29, 0.717) is 28.6 Å². The minimum absolute atomic E-state index is 0. The van der Waals surface area contributed by atoms with Gasteiger partial charge in [0.25, 0.3) is 23.6 Å². The number of amides is 4. The number of carbonyl (C=O) groups excluding carboxylic acids is 4. The van der Waals surface area contributed by atoms with Crippen LogP contribution >= 0.6 is 0 Å². The van der Waals surface area contributed by atoms with Crippen molar-refractivity contribution in [3.8, 4) is 5.75 Å². The van der Waals surface area contributed by atoms with E-state index in [1.54, 1.807) is 54.6 Å². The number of hydrogen-bond donors (Lipinski definition) is 2. The Balaban J connectivity index is 0.00000292. The van der Waals surface area contributed by atoms with Gasteiger partial charge in [0, 0.05) is 16.6 Å². The Labute approximate surface area is 374 Å². The Morgan fingerprint density at radius 2 is 1.29 bits per heavy atom. The number of hydrogen-bond acceptors (Lipinski definition) is 13. The van der Waals surface area contributed by atoms with Gasteiger partial charge < -0.3 is 19.5 Å². The van der Waals surface area contributed by atoms with Crippen LogP contribution in [-0.2, 0) is 20.2 Å². The molecule has 1 heterocycles. The summed E-state index contributed by atoms with van der Waals surface area (Å²) in [6, 6.07) is 21.4. The second-order valence-electron chi connectivity index (χ2n) is 10.4. The molecule has 5 aromatic carbocycles. The van der Waals surface area contributed by atoms with E-state index in [2.05, 4.69) is 15.5 Å². The summed E-state index contributed by atoms with van der Waals surface area (Å²) < 4.78 is 69.4. The maximum absolute atomic E-state index is 13.3. The standard InChI is InChI=1S/C32H20N4O11S2.2K/c37-28-26(29(38)33-19-7-2-1-3-8-19)14-17-6-4-5-9-23(17)27(28)35-34-20-10-11-24-25(15-20)32(41)36(31(24)40)30(39)18-12-21(48(42,43)44)16-22(13-18)49(45,46)47;;/h1-16,37H,(H,33,38)(H,42,43,44)(H,45,46,47);;/q;2*+1/p-2. The first-order valence-electron chi connectivity index (χ1n) is 13.8. The summed E-state index contributed by atoms with van der Waals surface area (Å²) in [7, 11) is -10.8. The molecule has 0 bridgehead atoms. The Morgan fingerprint density at radius 3 is 1.92 bits per heavy atom. The van der Waals surface area contributed by atoms with E-state index < -0.39 is 65.0 Å². The van der Waals surface area contributed by atoms with Gasteiger partial charge in [0.15, 0.2) is 5.75 Å². The fourth-order valence-electron chi connectivity index (χ4n) is 5.01. The summed E-state index contributed by atoms with van der Waals surface area (Å²) in [5.74, 6) is -5.02. The van der Waals surface area contributed by atoms with Crippen LogP contribution < -0.4 is 108 Å². The predicted octanol–water partition coefficient (Wildman–Crippen LogP) is -1.53. The fourth-order valence-corrected chi connectivity index (χ4v) is 6.17.